The van der Waals surface area contributed by atoms with E-state index in [1.165, 1.54) is 43.5 Å². The molecular formula is C17H27N3. The lowest BCUT2D eigenvalue weighted by Gasteiger charge is -2.29. The van der Waals surface area contributed by atoms with Crippen LogP contribution in [0.25, 0.3) is 0 Å². The zero-order valence-corrected chi connectivity index (χ0v) is 12.5. The zero-order chi connectivity index (χ0) is 13.9. The average Bonchev–Trinajstić information content (AvgIpc) is 2.79. The van der Waals surface area contributed by atoms with Gasteiger partial charge in [0.25, 0.3) is 0 Å². The molecule has 0 aromatic heterocycles. The van der Waals surface area contributed by atoms with E-state index in [9.17, 15) is 0 Å². The molecule has 1 aromatic carbocycles. The molecule has 1 saturated heterocycles. The van der Waals surface area contributed by atoms with Gasteiger partial charge in [0.15, 0.2) is 0 Å². The van der Waals surface area contributed by atoms with E-state index in [2.05, 4.69) is 41.5 Å². The first-order chi connectivity index (χ1) is 9.74. The van der Waals surface area contributed by atoms with Crippen LogP contribution in [0.5, 0.6) is 0 Å². The summed E-state index contributed by atoms with van der Waals surface area (Å²) in [4.78, 5) is 2.44. The first-order valence-electron chi connectivity index (χ1n) is 8.00. The lowest BCUT2D eigenvalue weighted by molar-refractivity contribution is 0.210. The minimum Gasteiger partial charge on any atom is -0.324 e. The highest BCUT2D eigenvalue weighted by molar-refractivity contribution is 5.37. The smallest absolute Gasteiger partial charge is 0.0341 e. The molecule has 2 atom stereocenters. The molecule has 0 spiro atoms. The summed E-state index contributed by atoms with van der Waals surface area (Å²) in [6, 6.07) is 9.32. The van der Waals surface area contributed by atoms with Crippen molar-refractivity contribution in [3.63, 3.8) is 0 Å². The van der Waals surface area contributed by atoms with E-state index >= 15 is 0 Å². The highest BCUT2D eigenvalue weighted by Gasteiger charge is 2.27. The monoisotopic (exact) mass is 273 g/mol. The Bertz CT molecular complexity index is 438. The van der Waals surface area contributed by atoms with Gasteiger partial charge in [-0.15, -0.1) is 0 Å². The third-order valence-corrected chi connectivity index (χ3v) is 5.04. The van der Waals surface area contributed by atoms with Gasteiger partial charge in [-0.25, -0.2) is 0 Å². The van der Waals surface area contributed by atoms with E-state index in [1.807, 2.05) is 0 Å². The highest BCUT2D eigenvalue weighted by Crippen LogP contribution is 2.36. The minimum absolute atomic E-state index is 0.215. The summed E-state index contributed by atoms with van der Waals surface area (Å²) in [5, 5.41) is 3.73. The van der Waals surface area contributed by atoms with E-state index in [0.717, 1.165) is 18.9 Å². The second-order valence-electron chi connectivity index (χ2n) is 6.51. The zero-order valence-electron chi connectivity index (χ0n) is 12.5. The first-order valence-corrected chi connectivity index (χ1v) is 8.00. The Labute approximate surface area is 122 Å². The van der Waals surface area contributed by atoms with Crippen LogP contribution in [-0.4, -0.2) is 31.6 Å². The normalized spacial score (nSPS) is 27.7. The second-order valence-corrected chi connectivity index (χ2v) is 6.51. The topological polar surface area (TPSA) is 41.3 Å². The highest BCUT2D eigenvalue weighted by atomic mass is 15.1. The van der Waals surface area contributed by atoms with Gasteiger partial charge < -0.3 is 16.0 Å². The van der Waals surface area contributed by atoms with Crippen molar-refractivity contribution in [3.8, 4) is 0 Å². The van der Waals surface area contributed by atoms with Gasteiger partial charge in [0.1, 0.15) is 0 Å². The summed E-state index contributed by atoms with van der Waals surface area (Å²) in [7, 11) is 2.23. The predicted octanol–water partition coefficient (Wildman–Crippen LogP) is 2.45. The number of rotatable bonds is 4. The number of nitrogens with zero attached hydrogens (tertiary/aromatic N) is 1. The number of likely N-dealkylation sites (tertiary alicyclic amines) is 1. The first kappa shape index (κ1) is 14.1. The van der Waals surface area contributed by atoms with Crippen LogP contribution in [0.2, 0.25) is 0 Å². The number of nitrogens with one attached hydrogen (secondary N) is 1. The Morgan fingerprint density at radius 2 is 1.90 bits per heavy atom. The average molecular weight is 273 g/mol. The molecule has 2 aliphatic rings. The largest absolute Gasteiger partial charge is 0.324 e. The molecule has 1 heterocycles. The molecule has 1 aromatic rings. The lowest BCUT2D eigenvalue weighted by Crippen LogP contribution is -2.32. The fourth-order valence-corrected chi connectivity index (χ4v) is 3.68. The van der Waals surface area contributed by atoms with Crippen molar-refractivity contribution < 1.29 is 0 Å². The number of nitrogens with two attached hydrogens (primary N) is 1. The molecule has 0 amide bonds. The Balaban J connectivity index is 1.48. The number of hydrogen-bond donors (Lipinski definition) is 2. The van der Waals surface area contributed by atoms with Gasteiger partial charge in [0.05, 0.1) is 0 Å². The molecular weight excluding hydrogens is 246 g/mol. The molecule has 3 rings (SSSR count). The lowest BCUT2D eigenvalue weighted by atomic mass is 9.93. The summed E-state index contributed by atoms with van der Waals surface area (Å²) in [6.45, 7) is 3.66. The van der Waals surface area contributed by atoms with Crippen LogP contribution in [0.15, 0.2) is 24.3 Å². The summed E-state index contributed by atoms with van der Waals surface area (Å²) < 4.78 is 0. The maximum atomic E-state index is 6.22. The van der Waals surface area contributed by atoms with Gasteiger partial charge >= 0.3 is 0 Å². The molecule has 2 unspecified atom stereocenters. The third kappa shape index (κ3) is 3.05. The van der Waals surface area contributed by atoms with Crippen LogP contribution in [-0.2, 0) is 0 Å². The molecule has 110 valence electrons. The van der Waals surface area contributed by atoms with Crippen LogP contribution >= 0.6 is 0 Å². The van der Waals surface area contributed by atoms with Gasteiger partial charge in [0.2, 0.25) is 0 Å². The van der Waals surface area contributed by atoms with Gasteiger partial charge in [-0.1, -0.05) is 24.3 Å². The SMILES string of the molecule is CN1CCC(CCNC2CC(N)c3ccccc32)CC1. The Hall–Kier alpha value is -0.900. The van der Waals surface area contributed by atoms with E-state index in [-0.39, 0.29) is 6.04 Å². The molecule has 3 nitrogen and oxygen atoms in total. The molecule has 3 N–H and O–H groups in total. The molecule has 1 aliphatic carbocycles. The summed E-state index contributed by atoms with van der Waals surface area (Å²) in [6.07, 6.45) is 5.08. The van der Waals surface area contributed by atoms with Crippen LogP contribution in [0.3, 0.4) is 0 Å². The van der Waals surface area contributed by atoms with Gasteiger partial charge in [0, 0.05) is 12.1 Å². The Morgan fingerprint density at radius 3 is 2.65 bits per heavy atom. The maximum Gasteiger partial charge on any atom is 0.0341 e. The van der Waals surface area contributed by atoms with E-state index < -0.39 is 0 Å². The Morgan fingerprint density at radius 1 is 1.20 bits per heavy atom. The molecule has 1 aliphatic heterocycles. The van der Waals surface area contributed by atoms with E-state index in [4.69, 9.17) is 5.73 Å². The minimum atomic E-state index is 0.215. The Kier molecular flexibility index (Phi) is 4.39. The van der Waals surface area contributed by atoms with Crippen LogP contribution in [0.1, 0.15) is 48.9 Å². The van der Waals surface area contributed by atoms with Crippen molar-refractivity contribution in [1.29, 1.82) is 0 Å². The van der Waals surface area contributed by atoms with E-state index in [0.29, 0.717) is 6.04 Å². The third-order valence-electron chi connectivity index (χ3n) is 5.04. The quantitative estimate of drug-likeness (QED) is 0.885. The fraction of sp³-hybridized carbons (Fsp3) is 0.647. The number of fused-ring (bicyclic) bond motifs is 1. The summed E-state index contributed by atoms with van der Waals surface area (Å²) in [5.74, 6) is 0.907. The van der Waals surface area contributed by atoms with Crippen LogP contribution in [0, 0.1) is 5.92 Å². The van der Waals surface area contributed by atoms with Crippen molar-refractivity contribution in [2.45, 2.75) is 37.8 Å². The molecule has 0 saturated carbocycles. The molecule has 0 radical (unpaired) electrons. The van der Waals surface area contributed by atoms with Crippen molar-refractivity contribution in [3.05, 3.63) is 35.4 Å². The molecule has 0 bridgehead atoms. The second kappa shape index (κ2) is 6.25. The van der Waals surface area contributed by atoms with Crippen LogP contribution in [0.4, 0.5) is 0 Å². The van der Waals surface area contributed by atoms with Crippen LogP contribution < -0.4 is 11.1 Å². The summed E-state index contributed by atoms with van der Waals surface area (Å²) in [5.41, 5.74) is 8.98. The van der Waals surface area contributed by atoms with Crippen molar-refractivity contribution in [2.24, 2.45) is 11.7 Å². The van der Waals surface area contributed by atoms with E-state index in [1.54, 1.807) is 0 Å². The van der Waals surface area contributed by atoms with Gasteiger partial charge in [-0.3, -0.25) is 0 Å². The number of benzene rings is 1. The molecule has 1 fully saturated rings. The van der Waals surface area contributed by atoms with Crippen molar-refractivity contribution in [1.82, 2.24) is 10.2 Å². The van der Waals surface area contributed by atoms with Crippen molar-refractivity contribution in [2.75, 3.05) is 26.7 Å². The fourth-order valence-electron chi connectivity index (χ4n) is 3.68. The predicted molar refractivity (Wildman–Crippen MR) is 83.6 cm³/mol. The number of hydrogen-bond acceptors (Lipinski definition) is 3. The van der Waals surface area contributed by atoms with Crippen molar-refractivity contribution >= 4 is 0 Å². The summed E-state index contributed by atoms with van der Waals surface area (Å²) >= 11 is 0. The molecule has 3 heteroatoms. The standard InChI is InChI=1S/C17H27N3/c1-20-10-7-13(8-11-20)6-9-19-17-12-16(18)14-4-2-3-5-15(14)17/h2-5,13,16-17,19H,6-12,18H2,1H3. The maximum absolute atomic E-state index is 6.22. The van der Waals surface area contributed by atoms with Gasteiger partial charge in [-0.2, -0.15) is 0 Å². The number of piperidine rings is 1. The molecule has 20 heavy (non-hydrogen) atoms. The van der Waals surface area contributed by atoms with Gasteiger partial charge in [-0.05, 0) is 69.4 Å².